The van der Waals surface area contributed by atoms with Crippen molar-refractivity contribution in [3.63, 3.8) is 0 Å². The van der Waals surface area contributed by atoms with Gasteiger partial charge in [-0.2, -0.15) is 37.1 Å². The monoisotopic (exact) mass is 553 g/mol. The van der Waals surface area contributed by atoms with Crippen molar-refractivity contribution in [2.24, 2.45) is 0 Å². The van der Waals surface area contributed by atoms with Gasteiger partial charge in [0.2, 0.25) is 0 Å². The first-order valence-corrected chi connectivity index (χ1v) is 10.7. The average Bonchev–Trinajstić information content (AvgIpc) is 2.87. The number of halogens is 6. The number of aliphatic hydroxyl groups is 1. The standard InChI is InChI=1S/C24H17F6N5O4/c1-12-2-5-15(22(38,24(28,29)30)20(36)35-39-21(37)23(25,26)27)9-16(12)19-11-33-10-18(34-19)14-4-3-13(6-7-31)17(32)8-14/h2-5,8-11,38H,6,32H2,1H3,(H,35,36). The number of hydrogen-bond acceptors (Lipinski definition) is 8. The number of aromatic nitrogens is 2. The number of hydrogen-bond donors (Lipinski definition) is 3. The van der Waals surface area contributed by atoms with Crippen LogP contribution in [-0.2, 0) is 26.4 Å². The fourth-order valence-electron chi connectivity index (χ4n) is 3.41. The van der Waals surface area contributed by atoms with Gasteiger partial charge in [0.25, 0.3) is 11.5 Å². The van der Waals surface area contributed by atoms with Gasteiger partial charge in [-0.1, -0.05) is 24.3 Å². The molecule has 0 saturated heterocycles. The molecule has 2 aromatic carbocycles. The molecule has 1 heterocycles. The summed E-state index contributed by atoms with van der Waals surface area (Å²) in [5, 5.41) is 19.3. The minimum absolute atomic E-state index is 0.0138. The highest BCUT2D eigenvalue weighted by Crippen LogP contribution is 2.41. The summed E-state index contributed by atoms with van der Waals surface area (Å²) in [6, 6.07) is 9.29. The number of aryl methyl sites for hydroxylation is 1. The lowest BCUT2D eigenvalue weighted by Crippen LogP contribution is -2.55. The number of carbonyl (C=O) groups excluding carboxylic acids is 2. The van der Waals surface area contributed by atoms with E-state index in [0.717, 1.165) is 23.7 Å². The molecule has 0 saturated carbocycles. The first-order valence-electron chi connectivity index (χ1n) is 10.7. The molecule has 0 spiro atoms. The highest BCUT2D eigenvalue weighted by Gasteiger charge is 2.61. The van der Waals surface area contributed by atoms with Crippen LogP contribution in [0.3, 0.4) is 0 Å². The van der Waals surface area contributed by atoms with Crippen LogP contribution in [0.4, 0.5) is 32.0 Å². The Morgan fingerprint density at radius 3 is 2.33 bits per heavy atom. The number of alkyl halides is 6. The van der Waals surface area contributed by atoms with Gasteiger partial charge in [0.05, 0.1) is 36.3 Å². The zero-order valence-electron chi connectivity index (χ0n) is 19.7. The van der Waals surface area contributed by atoms with Crippen LogP contribution >= 0.6 is 0 Å². The number of nitrogen functional groups attached to an aromatic ring is 1. The summed E-state index contributed by atoms with van der Waals surface area (Å²) in [5.41, 5.74) is 3.07. The molecule has 4 N–H and O–H groups in total. The first kappa shape index (κ1) is 28.9. The Kier molecular flexibility index (Phi) is 7.82. The van der Waals surface area contributed by atoms with E-state index in [2.05, 4.69) is 14.8 Å². The largest absolute Gasteiger partial charge is 0.493 e. The summed E-state index contributed by atoms with van der Waals surface area (Å²) < 4.78 is 78.7. The van der Waals surface area contributed by atoms with Gasteiger partial charge in [0.15, 0.2) is 0 Å². The van der Waals surface area contributed by atoms with Crippen molar-refractivity contribution in [1.29, 1.82) is 5.26 Å². The lowest BCUT2D eigenvalue weighted by molar-refractivity contribution is -0.262. The molecule has 1 amide bonds. The number of carbonyl (C=O) groups is 2. The van der Waals surface area contributed by atoms with Crippen molar-refractivity contribution in [3.8, 4) is 28.6 Å². The quantitative estimate of drug-likeness (QED) is 0.246. The van der Waals surface area contributed by atoms with Crippen LogP contribution in [0.5, 0.6) is 0 Å². The third-order valence-electron chi connectivity index (χ3n) is 5.48. The topological polar surface area (TPSA) is 151 Å². The molecule has 0 aliphatic carbocycles. The molecule has 3 rings (SSSR count). The van der Waals surface area contributed by atoms with Gasteiger partial charge in [-0.25, -0.2) is 9.78 Å². The summed E-state index contributed by atoms with van der Waals surface area (Å²) in [7, 11) is 0. The lowest BCUT2D eigenvalue weighted by atomic mass is 9.89. The predicted octanol–water partition coefficient (Wildman–Crippen LogP) is 3.65. The van der Waals surface area contributed by atoms with E-state index in [4.69, 9.17) is 11.0 Å². The van der Waals surface area contributed by atoms with Crippen molar-refractivity contribution < 1.29 is 45.9 Å². The van der Waals surface area contributed by atoms with Gasteiger partial charge in [0.1, 0.15) is 0 Å². The molecular formula is C24H17F6N5O4. The molecule has 9 nitrogen and oxygen atoms in total. The minimum Gasteiger partial charge on any atom is -0.398 e. The molecular weight excluding hydrogens is 536 g/mol. The molecule has 0 aliphatic heterocycles. The average molecular weight is 553 g/mol. The second kappa shape index (κ2) is 10.6. The fourth-order valence-corrected chi connectivity index (χ4v) is 3.41. The van der Waals surface area contributed by atoms with Crippen molar-refractivity contribution in [3.05, 3.63) is 65.5 Å². The minimum atomic E-state index is -5.76. The smallest absolute Gasteiger partial charge is 0.398 e. The maximum absolute atomic E-state index is 13.9. The zero-order valence-corrected chi connectivity index (χ0v) is 19.7. The number of rotatable bonds is 5. The Labute approximate surface area is 215 Å². The number of benzene rings is 2. The predicted molar refractivity (Wildman–Crippen MR) is 122 cm³/mol. The molecule has 39 heavy (non-hydrogen) atoms. The number of nitrogens with two attached hydrogens (primary N) is 1. The van der Waals surface area contributed by atoms with Crippen molar-refractivity contribution >= 4 is 17.6 Å². The molecule has 1 atom stereocenters. The second-order valence-corrected chi connectivity index (χ2v) is 8.09. The summed E-state index contributed by atoms with van der Waals surface area (Å²) in [4.78, 5) is 34.9. The molecule has 3 aromatic rings. The Morgan fingerprint density at radius 1 is 1.08 bits per heavy atom. The number of amides is 1. The number of hydroxylamine groups is 1. The van der Waals surface area contributed by atoms with E-state index < -0.39 is 35.4 Å². The molecule has 0 aliphatic rings. The van der Waals surface area contributed by atoms with Crippen LogP contribution in [0.15, 0.2) is 48.8 Å². The van der Waals surface area contributed by atoms with E-state index in [1.54, 1.807) is 12.1 Å². The van der Waals surface area contributed by atoms with Crippen LogP contribution in [-0.4, -0.2) is 39.3 Å². The fraction of sp³-hybridized carbons (Fsp3) is 0.208. The molecule has 0 radical (unpaired) electrons. The summed E-state index contributed by atoms with van der Waals surface area (Å²) in [6.07, 6.45) is -8.78. The molecule has 1 unspecified atom stereocenters. The highest BCUT2D eigenvalue weighted by atomic mass is 19.4. The Morgan fingerprint density at radius 2 is 1.74 bits per heavy atom. The van der Waals surface area contributed by atoms with Gasteiger partial charge in [-0.05, 0) is 30.2 Å². The van der Waals surface area contributed by atoms with Crippen LogP contribution in [0, 0.1) is 18.3 Å². The third-order valence-corrected chi connectivity index (χ3v) is 5.48. The van der Waals surface area contributed by atoms with Crippen molar-refractivity contribution in [1.82, 2.24) is 15.4 Å². The van der Waals surface area contributed by atoms with E-state index in [1.165, 1.54) is 25.4 Å². The van der Waals surface area contributed by atoms with Crippen LogP contribution in [0.1, 0.15) is 16.7 Å². The maximum atomic E-state index is 13.9. The lowest BCUT2D eigenvalue weighted by Gasteiger charge is -2.29. The molecule has 15 heteroatoms. The molecule has 0 bridgehead atoms. The molecule has 1 aromatic heterocycles. The third kappa shape index (κ3) is 5.91. The number of nitriles is 1. The van der Waals surface area contributed by atoms with Crippen LogP contribution < -0.4 is 11.2 Å². The van der Waals surface area contributed by atoms with Crippen molar-refractivity contribution in [2.75, 3.05) is 5.73 Å². The Hall–Kier alpha value is -4.71. The van der Waals surface area contributed by atoms with E-state index >= 15 is 0 Å². The number of nitrogens with zero attached hydrogens (tertiary/aromatic N) is 3. The SMILES string of the molecule is Cc1ccc(C(O)(C(=O)NOC(=O)C(F)(F)F)C(F)(F)F)cc1-c1cncc(-c2ccc(CC#N)c(N)c2)n1. The van der Waals surface area contributed by atoms with Gasteiger partial charge in [-0.3, -0.25) is 9.78 Å². The van der Waals surface area contributed by atoms with Crippen LogP contribution in [0.2, 0.25) is 0 Å². The zero-order chi connectivity index (χ0) is 29.2. The first-order chi connectivity index (χ1) is 18.1. The van der Waals surface area contributed by atoms with E-state index in [-0.39, 0.29) is 23.4 Å². The van der Waals surface area contributed by atoms with Crippen LogP contribution in [0.25, 0.3) is 22.5 Å². The second-order valence-electron chi connectivity index (χ2n) is 8.09. The number of nitrogens with one attached hydrogen (secondary N) is 1. The molecule has 0 fully saturated rings. The van der Waals surface area contributed by atoms with Crippen molar-refractivity contribution in [2.45, 2.75) is 31.3 Å². The van der Waals surface area contributed by atoms with E-state index in [9.17, 15) is 41.0 Å². The van der Waals surface area contributed by atoms with Gasteiger partial charge < -0.3 is 15.7 Å². The molecule has 204 valence electrons. The normalized spacial score (nSPS) is 13.2. The Bertz CT molecular complexity index is 1470. The van der Waals surface area contributed by atoms with Gasteiger partial charge in [0, 0.05) is 22.4 Å². The Balaban J connectivity index is 2.04. The summed E-state index contributed by atoms with van der Waals surface area (Å²) in [5.74, 6) is -5.49. The van der Waals surface area contributed by atoms with E-state index in [0.29, 0.717) is 22.4 Å². The van der Waals surface area contributed by atoms with E-state index in [1.807, 2.05) is 6.07 Å². The van der Waals surface area contributed by atoms with Gasteiger partial charge >= 0.3 is 18.3 Å². The van der Waals surface area contributed by atoms with Gasteiger partial charge in [-0.15, -0.1) is 0 Å². The number of anilines is 1. The highest BCUT2D eigenvalue weighted by molar-refractivity contribution is 5.88. The summed E-state index contributed by atoms with van der Waals surface area (Å²) in [6.45, 7) is 1.49. The maximum Gasteiger partial charge on any atom is 0.493 e. The summed E-state index contributed by atoms with van der Waals surface area (Å²) >= 11 is 0.